The maximum absolute atomic E-state index is 6.20. The van der Waals surface area contributed by atoms with Gasteiger partial charge >= 0.3 is 0 Å². The quantitative estimate of drug-likeness (QED) is 0.392. The Labute approximate surface area is 197 Å². The number of allylic oxidation sites excluding steroid dienone is 2. The number of fused-ring (bicyclic) bond motifs is 1. The predicted molar refractivity (Wildman–Crippen MR) is 133 cm³/mol. The predicted octanol–water partition coefficient (Wildman–Crippen LogP) is 6.72. The van der Waals surface area contributed by atoms with Gasteiger partial charge in [0.05, 0.1) is 16.4 Å². The van der Waals surface area contributed by atoms with Crippen LogP contribution in [-0.2, 0) is 0 Å². The second-order valence-corrected chi connectivity index (χ2v) is 9.59. The summed E-state index contributed by atoms with van der Waals surface area (Å²) in [5.41, 5.74) is 3.59. The van der Waals surface area contributed by atoms with Gasteiger partial charge in [-0.15, -0.1) is 0 Å². The third-order valence-electron chi connectivity index (χ3n) is 6.00. The molecule has 3 heterocycles. The summed E-state index contributed by atoms with van der Waals surface area (Å²) < 4.78 is 2.67. The summed E-state index contributed by atoms with van der Waals surface area (Å²) in [5.74, 6) is 0.944. The summed E-state index contributed by atoms with van der Waals surface area (Å²) in [6.45, 7) is 6.95. The Kier molecular flexibility index (Phi) is 7.26. The van der Waals surface area contributed by atoms with Gasteiger partial charge in [0.2, 0.25) is 0 Å². The molecule has 1 fully saturated rings. The third kappa shape index (κ3) is 5.28. The van der Waals surface area contributed by atoms with E-state index in [4.69, 9.17) is 11.6 Å². The average molecular weight is 500 g/mol. The highest BCUT2D eigenvalue weighted by Crippen LogP contribution is 2.28. The van der Waals surface area contributed by atoms with Crippen molar-refractivity contribution in [2.45, 2.75) is 39.2 Å². The summed E-state index contributed by atoms with van der Waals surface area (Å²) in [6, 6.07) is 10.4. The van der Waals surface area contributed by atoms with Crippen LogP contribution in [0.1, 0.15) is 31.9 Å². The summed E-state index contributed by atoms with van der Waals surface area (Å²) in [5, 5.41) is 4.95. The molecule has 1 atom stereocenters. The van der Waals surface area contributed by atoms with E-state index < -0.39 is 0 Å². The molecule has 0 amide bonds. The smallest absolute Gasteiger partial charge is 0.170 e. The summed E-state index contributed by atoms with van der Waals surface area (Å²) >= 11 is 9.65. The lowest BCUT2D eigenvalue weighted by Crippen LogP contribution is -2.40. The fourth-order valence-corrected chi connectivity index (χ4v) is 4.67. The Balaban J connectivity index is 0.000000158. The van der Waals surface area contributed by atoms with E-state index >= 15 is 0 Å². The van der Waals surface area contributed by atoms with Gasteiger partial charge in [-0.05, 0) is 73.3 Å². The highest BCUT2D eigenvalue weighted by atomic mass is 79.9. The van der Waals surface area contributed by atoms with Crippen LogP contribution in [0.5, 0.6) is 0 Å². The first kappa shape index (κ1) is 22.3. The molecule has 4 nitrogen and oxygen atoms in total. The maximum atomic E-state index is 6.20. The molecule has 1 unspecified atom stereocenters. The zero-order chi connectivity index (χ0) is 21.8. The molecular formula is C25H28BrClN4. The lowest BCUT2D eigenvalue weighted by Gasteiger charge is -2.35. The number of aryl methyl sites for hydroxylation is 1. The number of benzene rings is 1. The van der Waals surface area contributed by atoms with Gasteiger partial charge in [0.1, 0.15) is 0 Å². The Morgan fingerprint density at radius 3 is 2.61 bits per heavy atom. The Bertz CT molecular complexity index is 1100. The van der Waals surface area contributed by atoms with Crippen LogP contribution < -0.4 is 0 Å². The van der Waals surface area contributed by atoms with E-state index in [1.54, 1.807) is 10.7 Å². The van der Waals surface area contributed by atoms with Crippen LogP contribution in [0.2, 0.25) is 5.02 Å². The minimum Gasteiger partial charge on any atom is -0.297 e. The van der Waals surface area contributed by atoms with E-state index in [1.165, 1.54) is 32.4 Å². The van der Waals surface area contributed by atoms with E-state index in [0.29, 0.717) is 11.1 Å². The van der Waals surface area contributed by atoms with Gasteiger partial charge in [-0.2, -0.15) is 5.10 Å². The van der Waals surface area contributed by atoms with Gasteiger partial charge in [0.15, 0.2) is 5.65 Å². The number of likely N-dealkylation sites (tertiary alicyclic amines) is 1. The van der Waals surface area contributed by atoms with Gasteiger partial charge in [0.25, 0.3) is 0 Å². The summed E-state index contributed by atoms with van der Waals surface area (Å²) in [4.78, 5) is 7.22. The van der Waals surface area contributed by atoms with Crippen molar-refractivity contribution in [2.75, 3.05) is 13.1 Å². The van der Waals surface area contributed by atoms with E-state index in [-0.39, 0.29) is 0 Å². The molecule has 31 heavy (non-hydrogen) atoms. The number of nitrogens with zero attached hydrogens (tertiary/aromatic N) is 4. The lowest BCUT2D eigenvalue weighted by atomic mass is 9.96. The van der Waals surface area contributed by atoms with E-state index in [9.17, 15) is 0 Å². The monoisotopic (exact) mass is 498 g/mol. The average Bonchev–Trinajstić information content (AvgIpc) is 3.17. The molecule has 3 aromatic rings. The SMILES string of the molecule is CC1CCN(C2C=CC=CC2)CC1.Cc1cc(-c2ccccc2Cl)nc2c(Br)cnn12. The first-order valence-electron chi connectivity index (χ1n) is 10.9. The summed E-state index contributed by atoms with van der Waals surface area (Å²) in [7, 11) is 0. The van der Waals surface area contributed by atoms with Gasteiger partial charge in [-0.1, -0.05) is 61.0 Å². The van der Waals surface area contributed by atoms with Gasteiger partial charge in [-0.25, -0.2) is 9.50 Å². The molecule has 162 valence electrons. The summed E-state index contributed by atoms with van der Waals surface area (Å²) in [6.07, 6.45) is 14.7. The Hall–Kier alpha value is -1.95. The first-order chi connectivity index (χ1) is 15.0. The number of hydrogen-bond acceptors (Lipinski definition) is 3. The van der Waals surface area contributed by atoms with Crippen LogP contribution in [-0.4, -0.2) is 38.6 Å². The molecule has 0 bridgehead atoms. The number of aromatic nitrogens is 3. The maximum Gasteiger partial charge on any atom is 0.170 e. The molecule has 1 aromatic carbocycles. The second-order valence-electron chi connectivity index (χ2n) is 8.33. The van der Waals surface area contributed by atoms with E-state index in [0.717, 1.165) is 33.0 Å². The molecule has 0 N–H and O–H groups in total. The Morgan fingerprint density at radius 1 is 1.13 bits per heavy atom. The van der Waals surface area contributed by atoms with Crippen LogP contribution in [0, 0.1) is 12.8 Å². The van der Waals surface area contributed by atoms with Crippen LogP contribution >= 0.6 is 27.5 Å². The zero-order valence-electron chi connectivity index (χ0n) is 18.0. The van der Waals surface area contributed by atoms with E-state index in [1.807, 2.05) is 37.3 Å². The topological polar surface area (TPSA) is 33.4 Å². The molecule has 0 spiro atoms. The first-order valence-corrected chi connectivity index (χ1v) is 12.0. The zero-order valence-corrected chi connectivity index (χ0v) is 20.4. The van der Waals surface area contributed by atoms with Gasteiger partial charge in [-0.3, -0.25) is 4.90 Å². The number of halogens is 2. The van der Waals surface area contributed by atoms with Crippen LogP contribution in [0.3, 0.4) is 0 Å². The molecule has 6 heteroatoms. The van der Waals surface area contributed by atoms with Crippen molar-refractivity contribution < 1.29 is 0 Å². The molecule has 2 aliphatic rings. The largest absolute Gasteiger partial charge is 0.297 e. The third-order valence-corrected chi connectivity index (χ3v) is 6.89. The minimum atomic E-state index is 0.692. The highest BCUT2D eigenvalue weighted by Gasteiger charge is 2.21. The van der Waals surface area contributed by atoms with Crippen molar-refractivity contribution in [3.63, 3.8) is 0 Å². The van der Waals surface area contributed by atoms with Crippen molar-refractivity contribution >= 4 is 33.2 Å². The van der Waals surface area contributed by atoms with Crippen molar-refractivity contribution in [3.05, 3.63) is 76.0 Å². The van der Waals surface area contributed by atoms with Crippen molar-refractivity contribution in [3.8, 4) is 11.3 Å². The molecule has 1 aliphatic carbocycles. The fraction of sp³-hybridized carbons (Fsp3) is 0.360. The standard InChI is InChI=1S/C13H9BrClN3.C12H19N/c1-8-6-12(9-4-2-3-5-11(9)15)17-13-10(14)7-16-18(8)13;1-11-7-9-13(10-8-11)12-5-3-2-4-6-12/h2-7H,1H3;2-5,11-12H,6-10H2,1H3. The molecule has 2 aromatic heterocycles. The molecule has 1 aliphatic heterocycles. The van der Waals surface area contributed by atoms with Gasteiger partial charge in [0, 0.05) is 22.3 Å². The molecule has 0 saturated carbocycles. The molecule has 1 saturated heterocycles. The number of rotatable bonds is 2. The highest BCUT2D eigenvalue weighted by molar-refractivity contribution is 9.10. The van der Waals surface area contributed by atoms with Crippen molar-refractivity contribution in [2.24, 2.45) is 5.92 Å². The molecule has 0 radical (unpaired) electrons. The lowest BCUT2D eigenvalue weighted by molar-refractivity contribution is 0.161. The van der Waals surface area contributed by atoms with Crippen LogP contribution in [0.15, 0.2) is 65.3 Å². The number of piperidine rings is 1. The second kappa shape index (κ2) is 10.1. The number of hydrogen-bond donors (Lipinski definition) is 0. The van der Waals surface area contributed by atoms with Crippen molar-refractivity contribution in [1.29, 1.82) is 0 Å². The van der Waals surface area contributed by atoms with Crippen LogP contribution in [0.4, 0.5) is 0 Å². The van der Waals surface area contributed by atoms with Crippen LogP contribution in [0.25, 0.3) is 16.9 Å². The molecule has 5 rings (SSSR count). The fourth-order valence-electron chi connectivity index (χ4n) is 4.09. The minimum absolute atomic E-state index is 0.692. The molecular weight excluding hydrogens is 472 g/mol. The van der Waals surface area contributed by atoms with E-state index in [2.05, 4.69) is 62.1 Å². The van der Waals surface area contributed by atoms with Crippen molar-refractivity contribution in [1.82, 2.24) is 19.5 Å². The normalized spacial score (nSPS) is 19.4. The van der Waals surface area contributed by atoms with Gasteiger partial charge < -0.3 is 0 Å². The Morgan fingerprint density at radius 2 is 1.90 bits per heavy atom.